The molecule has 0 saturated heterocycles. The van der Waals surface area contributed by atoms with Gasteiger partial charge in [0.25, 0.3) is 6.42 Å². The van der Waals surface area contributed by atoms with Crippen molar-refractivity contribution in [2.75, 3.05) is 42.3 Å². The van der Waals surface area contributed by atoms with E-state index in [2.05, 4.69) is 71.8 Å². The van der Waals surface area contributed by atoms with Gasteiger partial charge in [-0.15, -0.1) is 14.0 Å². The van der Waals surface area contributed by atoms with E-state index in [-0.39, 0.29) is 4.70 Å². The minimum Gasteiger partial charge on any atom is -1.00 e. The first kappa shape index (κ1) is 23.9. The Morgan fingerprint density at radius 2 is 0.833 bits per heavy atom. The van der Waals surface area contributed by atoms with E-state index in [9.17, 15) is 21.0 Å². The van der Waals surface area contributed by atoms with Gasteiger partial charge in [0.1, 0.15) is 0 Å². The molecule has 0 amide bonds. The van der Waals surface area contributed by atoms with Gasteiger partial charge in [0.05, 0.1) is 0 Å². The van der Waals surface area contributed by atoms with Gasteiger partial charge in [-0.1, -0.05) is 0 Å². The maximum absolute atomic E-state index is 9.84. The van der Waals surface area contributed by atoms with Crippen LogP contribution in [0.1, 0.15) is 0 Å². The van der Waals surface area contributed by atoms with Crippen LogP contribution in [0.4, 0.5) is 21.0 Å². The number of hydrogen-bond acceptors (Lipinski definition) is 3. The van der Waals surface area contributed by atoms with Crippen molar-refractivity contribution in [3.63, 3.8) is 0 Å². The molecule has 0 fully saturated rings. The Bertz CT molecular complexity index is 206. The van der Waals surface area contributed by atoms with Crippen molar-refractivity contribution in [2.24, 2.45) is 0 Å². The van der Waals surface area contributed by atoms with Crippen LogP contribution in [-0.2, 0) is 0 Å². The minimum absolute atomic E-state index is 0. The summed E-state index contributed by atoms with van der Waals surface area (Å²) in [6.45, 7) is 0. The van der Waals surface area contributed by atoms with Crippen LogP contribution in [0.15, 0.2) is 0 Å². The number of halogens is 7. The summed E-state index contributed by atoms with van der Waals surface area (Å²) < 4.78 is 55.8. The van der Waals surface area contributed by atoms with E-state index in [0.29, 0.717) is 0 Å². The second-order valence-corrected chi connectivity index (χ2v) is 11.2. The normalized spacial score (nSPS) is 14.7. The molecule has 0 aliphatic carbocycles. The molecule has 0 radical (unpaired) electrons. The zero-order chi connectivity index (χ0) is 14.7. The van der Waals surface area contributed by atoms with Crippen LogP contribution in [0.3, 0.4) is 0 Å². The molecule has 0 unspecified atom stereocenters. The molecule has 18 heavy (non-hydrogen) atoms. The largest absolute Gasteiger partial charge is 1.00 e. The first-order chi connectivity index (χ1) is 7.07. The molecule has 0 atom stereocenters. The molecule has 0 bridgehead atoms. The molecular formula is C6H18BrF6N3P2. The first-order valence-electron chi connectivity index (χ1n) is 4.30. The Labute approximate surface area is 112 Å². The van der Waals surface area contributed by atoms with E-state index in [4.69, 9.17) is 0 Å². The van der Waals surface area contributed by atoms with Crippen LogP contribution in [0.25, 0.3) is 0 Å². The molecule has 0 rings (SSSR count). The summed E-state index contributed by atoms with van der Waals surface area (Å²) in [6, 6.07) is 0. The third-order valence-electron chi connectivity index (χ3n) is 1.53. The van der Waals surface area contributed by atoms with Gasteiger partial charge in [-0.2, -0.15) is 0 Å². The Kier molecular flexibility index (Phi) is 10.0. The molecule has 0 saturated carbocycles. The Balaban J connectivity index is -0.000000277. The first-order valence-corrected chi connectivity index (χ1v) is 9.65. The fraction of sp³-hybridized carbons (Fsp3) is 1.00. The van der Waals surface area contributed by atoms with Gasteiger partial charge < -0.3 is 4.70 Å². The molecule has 0 aromatic heterocycles. The van der Waals surface area contributed by atoms with Crippen molar-refractivity contribution >= 4 is 30.1 Å². The summed E-state index contributed by atoms with van der Waals surface area (Å²) in [7, 11) is 3.97. The van der Waals surface area contributed by atoms with E-state index < -0.39 is 14.6 Å². The summed E-state index contributed by atoms with van der Waals surface area (Å²) in [5.41, 5.74) is 0. The molecule has 0 N–H and O–H groups in total. The summed E-state index contributed by atoms with van der Waals surface area (Å²) in [5.74, 6) is 0. The van der Waals surface area contributed by atoms with Gasteiger partial charge in [-0.3, -0.25) is 0 Å². The summed E-state index contributed by atoms with van der Waals surface area (Å²) in [4.78, 5) is 0. The van der Waals surface area contributed by atoms with Crippen molar-refractivity contribution < 1.29 is 25.7 Å². The molecule has 116 valence electrons. The SMILES string of the molecule is CN(C)[P+](Br)(N(C)C)N(C)C.FP(F)(F)(F)F.[F-]. The average molecular weight is 388 g/mol. The van der Waals surface area contributed by atoms with Crippen LogP contribution in [0, 0.1) is 0 Å². The predicted octanol–water partition coefficient (Wildman–Crippen LogP) is 1.71. The van der Waals surface area contributed by atoms with Crippen LogP contribution in [0.2, 0.25) is 0 Å². The number of nitrogens with zero attached hydrogens (tertiary/aromatic N) is 3. The van der Waals surface area contributed by atoms with Gasteiger partial charge in [-0.05, 0) is 0 Å². The van der Waals surface area contributed by atoms with E-state index in [1.165, 1.54) is 0 Å². The molecule has 0 aliphatic rings. The number of hydrogen-bond donors (Lipinski definition) is 0. The van der Waals surface area contributed by atoms with Crippen molar-refractivity contribution in [3.05, 3.63) is 0 Å². The van der Waals surface area contributed by atoms with Crippen molar-refractivity contribution in [3.8, 4) is 0 Å². The predicted molar refractivity (Wildman–Crippen MR) is 69.4 cm³/mol. The molecule has 0 aromatic rings. The zero-order valence-electron chi connectivity index (χ0n) is 10.9. The average Bonchev–Trinajstić information content (AvgIpc) is 1.96. The van der Waals surface area contributed by atoms with E-state index in [0.717, 1.165) is 0 Å². The maximum Gasteiger partial charge on any atom is -1.00 e. The summed E-state index contributed by atoms with van der Waals surface area (Å²) in [5, 5.41) is 0. The topological polar surface area (TPSA) is 9.72 Å². The molecule has 12 heteroatoms. The Morgan fingerprint density at radius 1 is 0.722 bits per heavy atom. The van der Waals surface area contributed by atoms with Gasteiger partial charge in [0, 0.05) is 42.3 Å². The van der Waals surface area contributed by atoms with E-state index in [1.807, 2.05) is 0 Å². The molecule has 0 aliphatic heterocycles. The third kappa shape index (κ3) is 11.9. The Hall–Kier alpha value is 0.800. The maximum atomic E-state index is 9.84. The van der Waals surface area contributed by atoms with Gasteiger partial charge >= 0.3 is 29.1 Å². The van der Waals surface area contributed by atoms with Gasteiger partial charge in [0.2, 0.25) is 15.5 Å². The van der Waals surface area contributed by atoms with Crippen molar-refractivity contribution in [2.45, 2.75) is 0 Å². The van der Waals surface area contributed by atoms with Crippen LogP contribution < -0.4 is 4.70 Å². The number of rotatable bonds is 3. The second kappa shape index (κ2) is 7.55. The van der Waals surface area contributed by atoms with Gasteiger partial charge in [0.15, 0.2) is 0 Å². The third-order valence-corrected chi connectivity index (χ3v) is 10.3. The Morgan fingerprint density at radius 3 is 0.833 bits per heavy atom. The quantitative estimate of drug-likeness (QED) is 0.539. The zero-order valence-corrected chi connectivity index (χ0v) is 14.3. The van der Waals surface area contributed by atoms with Crippen molar-refractivity contribution in [1.82, 2.24) is 14.0 Å². The van der Waals surface area contributed by atoms with E-state index in [1.54, 1.807) is 0 Å². The fourth-order valence-corrected chi connectivity index (χ4v) is 3.22. The standard InChI is InChI=1S/C6H18BrN3P.F5P.FH/c1-8(2)11(7,9(3)4)10(5)6;1-6(2,3,4)5;/h1-6H3;;1H/q+1;;/p-1. The summed E-state index contributed by atoms with van der Waals surface area (Å²) >= 11 is 3.77. The second-order valence-electron chi connectivity index (χ2n) is 3.68. The monoisotopic (exact) mass is 387 g/mol. The van der Waals surface area contributed by atoms with Crippen LogP contribution in [0.5, 0.6) is 0 Å². The minimum atomic E-state index is -8.55. The summed E-state index contributed by atoms with van der Waals surface area (Å²) in [6.07, 6.45) is -1.37. The van der Waals surface area contributed by atoms with Crippen LogP contribution >= 0.6 is 30.1 Å². The fourth-order valence-electron chi connectivity index (χ4n) is 1.07. The molecule has 0 spiro atoms. The molecule has 0 heterocycles. The van der Waals surface area contributed by atoms with Gasteiger partial charge in [-0.25, -0.2) is 0 Å². The smallest absolute Gasteiger partial charge is 1.00 e. The van der Waals surface area contributed by atoms with Crippen LogP contribution in [-0.4, -0.2) is 56.3 Å². The molecule has 3 nitrogen and oxygen atoms in total. The molecule has 0 aromatic carbocycles. The van der Waals surface area contributed by atoms with Crippen molar-refractivity contribution in [1.29, 1.82) is 0 Å². The molecular weight excluding hydrogens is 370 g/mol. The van der Waals surface area contributed by atoms with E-state index >= 15 is 0 Å².